The number of nitrogens with zero attached hydrogens (tertiary/aromatic N) is 12. The summed E-state index contributed by atoms with van der Waals surface area (Å²) in [5.41, 5.74) is 28.1. The number of rotatable bonds is 11. The smallest absolute Gasteiger partial charge is 0.234 e. The third-order valence-corrected chi connectivity index (χ3v) is 24.7. The van der Waals surface area contributed by atoms with Crippen molar-refractivity contribution in [1.29, 1.82) is 0 Å². The maximum Gasteiger partial charge on any atom is 0.234 e. The van der Waals surface area contributed by atoms with Gasteiger partial charge in [-0.05, 0) is 142 Å². The highest BCUT2D eigenvalue weighted by Crippen LogP contribution is 2.45. The molecule has 0 bridgehead atoms. The van der Waals surface area contributed by atoms with Crippen molar-refractivity contribution in [3.05, 3.63) is 450 Å². The molecule has 0 aliphatic carbocycles. The van der Waals surface area contributed by atoms with E-state index in [2.05, 4.69) is 397 Å². The van der Waals surface area contributed by atoms with E-state index in [0.717, 1.165) is 100 Å². The molecule has 0 unspecified atom stereocenters. The Morgan fingerprint density at radius 3 is 0.738 bits per heavy atom. The van der Waals surface area contributed by atoms with Gasteiger partial charge in [-0.1, -0.05) is 309 Å². The van der Waals surface area contributed by atoms with Crippen LogP contribution in [0, 0.1) is 0 Å². The van der Waals surface area contributed by atoms with Gasteiger partial charge in [-0.3, -0.25) is 13.7 Å². The van der Waals surface area contributed by atoms with Crippen LogP contribution in [0.3, 0.4) is 0 Å². The average Bonchev–Trinajstić information content (AvgIpc) is 1.56. The maximum absolute atomic E-state index is 4.93. The zero-order valence-electron chi connectivity index (χ0n) is 68.1. The summed E-state index contributed by atoms with van der Waals surface area (Å²) >= 11 is 0. The van der Waals surface area contributed by atoms with Crippen molar-refractivity contribution < 1.29 is 0 Å². The molecular formula is C114H74N12. The Kier molecular flexibility index (Phi) is 17.6. The van der Waals surface area contributed by atoms with Crippen molar-refractivity contribution >= 4 is 131 Å². The van der Waals surface area contributed by atoms with Crippen molar-refractivity contribution in [3.8, 4) is 90.5 Å². The summed E-state index contributed by atoms with van der Waals surface area (Å²) in [6.45, 7) is 0. The van der Waals surface area contributed by atoms with Gasteiger partial charge in [-0.15, -0.1) is 0 Å². The standard InChI is InChI=1S/2C40H26N4.C34H22N4/c1-3-11-27(12-4-1)28-19-21-29(22-20-28)30-25-41-40(42-26-30)44-37-18-10-8-16-33(37)35-23-34-32-15-7-9-17-36(32)43(38(34)24-39(35)44)31-13-5-2-6-14-31;1-3-11-27(12-4-1)29-19-21-31(22-20-29)43-36-17-9-7-15-32(36)34-23-35-33-16-8-10-18-37(33)44(39(35)24-38(34)43)40-41-25-30(26-42-40)28-13-5-2-6-14-28;1-3-11-23(12-4-1)24-21-35-34(36-22-24)38-29-17-9-7-15-26(29)27-19-20-31-32(33(27)38)28-16-8-10-18-30(28)37(31)25-13-5-2-6-14-25/h2*1-26H;1-22H. The lowest BCUT2D eigenvalue weighted by atomic mass is 10.0. The molecular weight excluding hydrogens is 1540 g/mol. The van der Waals surface area contributed by atoms with E-state index >= 15 is 0 Å². The third-order valence-electron chi connectivity index (χ3n) is 24.7. The summed E-state index contributed by atoms with van der Waals surface area (Å²) < 4.78 is 13.7. The largest absolute Gasteiger partial charge is 0.309 e. The Morgan fingerprint density at radius 1 is 0.135 bits per heavy atom. The molecule has 0 atom stereocenters. The SMILES string of the molecule is c1ccc(-c2ccc(-c3cnc(-n4c5ccccc5c5cc6c7ccccc7n(-c7ccccc7)c6cc54)nc3)cc2)cc1.c1ccc(-c2ccc(-n3c4ccccc4c4cc5c6ccccc6n(-c6ncc(-c7ccccc7)cn6)c5cc43)cc2)cc1.c1ccc(-c2cnc(-n3c4ccccc4c4ccc5c(c6ccccc6n5-c5ccccc5)c43)nc2)cc1. The maximum atomic E-state index is 4.93. The summed E-state index contributed by atoms with van der Waals surface area (Å²) in [4.78, 5) is 29.4. The van der Waals surface area contributed by atoms with Crippen LogP contribution in [0.25, 0.3) is 221 Å². The van der Waals surface area contributed by atoms with Crippen LogP contribution < -0.4 is 0 Å². The molecule has 0 N–H and O–H groups in total. The number of aromatic nitrogens is 12. The first-order valence-corrected chi connectivity index (χ1v) is 42.4. The quantitative estimate of drug-likeness (QED) is 0.128. The van der Waals surface area contributed by atoms with Crippen molar-refractivity contribution in [2.24, 2.45) is 0 Å². The predicted molar refractivity (Wildman–Crippen MR) is 519 cm³/mol. The van der Waals surface area contributed by atoms with E-state index < -0.39 is 0 Å². The second-order valence-electron chi connectivity index (χ2n) is 31.8. The first kappa shape index (κ1) is 72.8. The van der Waals surface area contributed by atoms with Gasteiger partial charge < -0.3 is 13.7 Å². The Balaban J connectivity index is 0.000000106. The summed E-state index contributed by atoms with van der Waals surface area (Å²) in [6, 6.07) is 145. The second kappa shape index (κ2) is 30.5. The Morgan fingerprint density at radius 2 is 0.373 bits per heavy atom. The molecule has 0 saturated heterocycles. The highest BCUT2D eigenvalue weighted by atomic mass is 15.2. The molecule has 0 aliphatic rings. The van der Waals surface area contributed by atoms with Gasteiger partial charge in [-0.25, -0.2) is 29.9 Å². The first-order chi connectivity index (χ1) is 62.5. The fourth-order valence-corrected chi connectivity index (χ4v) is 18.9. The van der Waals surface area contributed by atoms with Crippen LogP contribution in [0.4, 0.5) is 0 Å². The van der Waals surface area contributed by atoms with Gasteiger partial charge in [0.2, 0.25) is 17.8 Å². The Bertz CT molecular complexity index is 8450. The summed E-state index contributed by atoms with van der Waals surface area (Å²) in [6.07, 6.45) is 11.5. The summed E-state index contributed by atoms with van der Waals surface area (Å²) in [5.74, 6) is 1.98. The van der Waals surface area contributed by atoms with Crippen LogP contribution >= 0.6 is 0 Å². The van der Waals surface area contributed by atoms with Gasteiger partial charge in [0.05, 0.1) is 66.2 Å². The van der Waals surface area contributed by atoms with Gasteiger partial charge in [0.15, 0.2) is 0 Å². The van der Waals surface area contributed by atoms with Crippen molar-refractivity contribution in [2.75, 3.05) is 0 Å². The first-order valence-electron chi connectivity index (χ1n) is 42.4. The Hall–Kier alpha value is -17.2. The fourth-order valence-electron chi connectivity index (χ4n) is 18.9. The van der Waals surface area contributed by atoms with E-state index in [-0.39, 0.29) is 0 Å². The molecule has 590 valence electrons. The van der Waals surface area contributed by atoms with Gasteiger partial charge in [0.1, 0.15) is 0 Å². The highest BCUT2D eigenvalue weighted by Gasteiger charge is 2.25. The lowest BCUT2D eigenvalue weighted by Crippen LogP contribution is -2.01. The third kappa shape index (κ3) is 12.3. The molecule has 12 heteroatoms. The molecule has 26 aromatic rings. The fraction of sp³-hybridized carbons (Fsp3) is 0. The van der Waals surface area contributed by atoms with Crippen LogP contribution in [0.1, 0.15) is 0 Å². The molecule has 26 rings (SSSR count). The zero-order chi connectivity index (χ0) is 83.1. The number of benzene rings is 17. The van der Waals surface area contributed by atoms with Crippen LogP contribution in [0.15, 0.2) is 450 Å². The molecule has 0 aliphatic heterocycles. The number of hydrogen-bond acceptors (Lipinski definition) is 6. The molecule has 126 heavy (non-hydrogen) atoms. The molecule has 0 amide bonds. The summed E-state index contributed by atoms with van der Waals surface area (Å²) in [5, 5.41) is 14.5. The molecule has 0 spiro atoms. The van der Waals surface area contributed by atoms with Crippen molar-refractivity contribution in [3.63, 3.8) is 0 Å². The molecule has 12 nitrogen and oxygen atoms in total. The van der Waals surface area contributed by atoms with E-state index in [1.807, 2.05) is 79.6 Å². The topological polar surface area (TPSA) is 107 Å². The van der Waals surface area contributed by atoms with Gasteiger partial charge >= 0.3 is 0 Å². The lowest BCUT2D eigenvalue weighted by molar-refractivity contribution is 0.990. The van der Waals surface area contributed by atoms with E-state index in [1.165, 1.54) is 103 Å². The normalized spacial score (nSPS) is 11.7. The molecule has 0 fully saturated rings. The van der Waals surface area contributed by atoms with Crippen LogP contribution in [-0.2, 0) is 0 Å². The van der Waals surface area contributed by atoms with E-state index in [4.69, 9.17) is 29.9 Å². The monoisotopic (exact) mass is 1610 g/mol. The van der Waals surface area contributed by atoms with Gasteiger partial charge in [0, 0.05) is 136 Å². The second-order valence-corrected chi connectivity index (χ2v) is 31.8. The highest BCUT2D eigenvalue weighted by molar-refractivity contribution is 6.27. The molecule has 17 aromatic carbocycles. The van der Waals surface area contributed by atoms with Gasteiger partial charge in [0.25, 0.3) is 0 Å². The number of para-hydroxylation sites is 8. The molecule has 9 heterocycles. The van der Waals surface area contributed by atoms with Crippen LogP contribution in [0.5, 0.6) is 0 Å². The minimum absolute atomic E-state index is 0.655. The molecule has 9 aromatic heterocycles. The van der Waals surface area contributed by atoms with E-state index in [0.29, 0.717) is 17.8 Å². The van der Waals surface area contributed by atoms with E-state index in [1.54, 1.807) is 0 Å². The van der Waals surface area contributed by atoms with E-state index in [9.17, 15) is 0 Å². The van der Waals surface area contributed by atoms with Crippen molar-refractivity contribution in [2.45, 2.75) is 0 Å². The predicted octanol–water partition coefficient (Wildman–Crippen LogP) is 28.3. The molecule has 0 radical (unpaired) electrons. The zero-order valence-corrected chi connectivity index (χ0v) is 68.1. The Labute approximate surface area is 723 Å². The number of hydrogen-bond donors (Lipinski definition) is 0. The minimum Gasteiger partial charge on any atom is -0.309 e. The molecule has 0 saturated carbocycles. The summed E-state index contributed by atoms with van der Waals surface area (Å²) in [7, 11) is 0. The van der Waals surface area contributed by atoms with Crippen molar-refractivity contribution in [1.82, 2.24) is 57.3 Å². The minimum atomic E-state index is 0.655. The van der Waals surface area contributed by atoms with Gasteiger partial charge in [-0.2, -0.15) is 0 Å². The van der Waals surface area contributed by atoms with Crippen LogP contribution in [-0.4, -0.2) is 57.3 Å². The number of fused-ring (bicyclic) bond motifs is 19. The van der Waals surface area contributed by atoms with Crippen LogP contribution in [0.2, 0.25) is 0 Å². The average molecular weight is 1610 g/mol. The lowest BCUT2D eigenvalue weighted by Gasteiger charge is -2.10.